The monoisotopic (exact) mass is 166 g/mol. The van der Waals surface area contributed by atoms with Crippen LogP contribution in [0.25, 0.3) is 0 Å². The smallest absolute Gasteiger partial charge is 0.126 e. The van der Waals surface area contributed by atoms with Crippen molar-refractivity contribution in [1.29, 1.82) is 0 Å². The van der Waals surface area contributed by atoms with E-state index in [-0.39, 0.29) is 5.92 Å². The fraction of sp³-hybridized carbons (Fsp3) is 0.727. The molecule has 12 heavy (non-hydrogen) atoms. The molecule has 2 unspecified atom stereocenters. The molecule has 0 radical (unpaired) electrons. The van der Waals surface area contributed by atoms with Gasteiger partial charge in [-0.15, -0.1) is 0 Å². The maximum Gasteiger partial charge on any atom is 0.126 e. The quantitative estimate of drug-likeness (QED) is 0.463. The van der Waals surface area contributed by atoms with Crippen molar-refractivity contribution in [3.8, 4) is 0 Å². The lowest BCUT2D eigenvalue weighted by atomic mass is 9.84. The molecule has 0 aromatic heterocycles. The third-order valence-corrected chi connectivity index (χ3v) is 2.60. The van der Waals surface area contributed by atoms with E-state index < -0.39 is 0 Å². The van der Waals surface area contributed by atoms with Crippen LogP contribution in [0.5, 0.6) is 0 Å². The molecule has 0 aliphatic heterocycles. The second kappa shape index (κ2) is 5.13. The Bertz CT molecular complexity index is 160. The van der Waals surface area contributed by atoms with Gasteiger partial charge in [0.25, 0.3) is 0 Å². The summed E-state index contributed by atoms with van der Waals surface area (Å²) in [4.78, 5) is 10.5. The standard InChI is InChI=1S/C11H18O/c1-2-3-5-10-6-4-7-11(8-10)9-12/h4,7,9-11H,2-3,5-6,8H2,1H3. The first-order valence-electron chi connectivity index (χ1n) is 4.98. The van der Waals surface area contributed by atoms with E-state index in [0.29, 0.717) is 0 Å². The van der Waals surface area contributed by atoms with E-state index in [1.807, 2.05) is 0 Å². The van der Waals surface area contributed by atoms with E-state index in [2.05, 4.69) is 19.1 Å². The van der Waals surface area contributed by atoms with Crippen molar-refractivity contribution in [2.24, 2.45) is 11.8 Å². The fourth-order valence-corrected chi connectivity index (χ4v) is 1.83. The Morgan fingerprint density at radius 3 is 3.08 bits per heavy atom. The van der Waals surface area contributed by atoms with Gasteiger partial charge in [-0.1, -0.05) is 38.3 Å². The summed E-state index contributed by atoms with van der Waals surface area (Å²) in [6, 6.07) is 0. The lowest BCUT2D eigenvalue weighted by Gasteiger charge is -2.20. The number of hydrogen-bond donors (Lipinski definition) is 0. The highest BCUT2D eigenvalue weighted by Crippen LogP contribution is 2.26. The maximum atomic E-state index is 10.5. The molecule has 68 valence electrons. The Kier molecular flexibility index (Phi) is 4.06. The van der Waals surface area contributed by atoms with Gasteiger partial charge in [0.2, 0.25) is 0 Å². The first-order chi connectivity index (χ1) is 5.86. The van der Waals surface area contributed by atoms with Crippen LogP contribution >= 0.6 is 0 Å². The van der Waals surface area contributed by atoms with E-state index in [9.17, 15) is 4.79 Å². The number of hydrogen-bond acceptors (Lipinski definition) is 1. The molecule has 1 aliphatic rings. The molecule has 0 aromatic carbocycles. The highest BCUT2D eigenvalue weighted by molar-refractivity contribution is 5.56. The molecule has 0 N–H and O–H groups in total. The zero-order valence-corrected chi connectivity index (χ0v) is 7.83. The van der Waals surface area contributed by atoms with Crippen molar-refractivity contribution in [2.75, 3.05) is 0 Å². The van der Waals surface area contributed by atoms with Crippen molar-refractivity contribution in [3.05, 3.63) is 12.2 Å². The summed E-state index contributed by atoms with van der Waals surface area (Å²) in [5, 5.41) is 0. The van der Waals surface area contributed by atoms with Gasteiger partial charge in [0.05, 0.1) is 0 Å². The summed E-state index contributed by atoms with van der Waals surface area (Å²) in [5.41, 5.74) is 0. The normalized spacial score (nSPS) is 28.8. The molecule has 0 saturated carbocycles. The van der Waals surface area contributed by atoms with Crippen LogP contribution in [-0.4, -0.2) is 6.29 Å². The molecule has 2 atom stereocenters. The Morgan fingerprint density at radius 2 is 2.42 bits per heavy atom. The number of carbonyl (C=O) groups is 1. The van der Waals surface area contributed by atoms with Gasteiger partial charge in [0.15, 0.2) is 0 Å². The highest BCUT2D eigenvalue weighted by atomic mass is 16.1. The first-order valence-corrected chi connectivity index (χ1v) is 4.98. The van der Waals surface area contributed by atoms with Crippen LogP contribution in [-0.2, 0) is 4.79 Å². The average molecular weight is 166 g/mol. The fourth-order valence-electron chi connectivity index (χ4n) is 1.83. The van der Waals surface area contributed by atoms with E-state index in [4.69, 9.17) is 0 Å². The molecular formula is C11H18O. The van der Waals surface area contributed by atoms with Crippen LogP contribution in [0.15, 0.2) is 12.2 Å². The Balaban J connectivity index is 2.29. The molecule has 0 saturated heterocycles. The molecule has 0 bridgehead atoms. The summed E-state index contributed by atoms with van der Waals surface area (Å²) >= 11 is 0. The zero-order valence-electron chi connectivity index (χ0n) is 7.83. The van der Waals surface area contributed by atoms with Crippen molar-refractivity contribution >= 4 is 6.29 Å². The lowest BCUT2D eigenvalue weighted by molar-refractivity contribution is -0.110. The average Bonchev–Trinajstić information content (AvgIpc) is 2.15. The topological polar surface area (TPSA) is 17.1 Å². The van der Waals surface area contributed by atoms with Crippen molar-refractivity contribution < 1.29 is 4.79 Å². The lowest BCUT2D eigenvalue weighted by Crippen LogP contribution is -2.12. The van der Waals surface area contributed by atoms with Crippen LogP contribution < -0.4 is 0 Å². The van der Waals surface area contributed by atoms with E-state index >= 15 is 0 Å². The van der Waals surface area contributed by atoms with Gasteiger partial charge in [-0.2, -0.15) is 0 Å². The van der Waals surface area contributed by atoms with Crippen LogP contribution in [0.1, 0.15) is 39.0 Å². The number of aldehydes is 1. The number of carbonyl (C=O) groups excluding carboxylic acids is 1. The van der Waals surface area contributed by atoms with Gasteiger partial charge in [0.1, 0.15) is 6.29 Å². The summed E-state index contributed by atoms with van der Waals surface area (Å²) in [7, 11) is 0. The highest BCUT2D eigenvalue weighted by Gasteiger charge is 2.16. The third-order valence-electron chi connectivity index (χ3n) is 2.60. The first kappa shape index (κ1) is 9.50. The summed E-state index contributed by atoms with van der Waals surface area (Å²) in [6.07, 6.45) is 11.4. The SMILES string of the molecule is CCCCC1CC=CC(C=O)C1. The molecular weight excluding hydrogens is 148 g/mol. The van der Waals surface area contributed by atoms with Gasteiger partial charge in [-0.05, 0) is 18.8 Å². The van der Waals surface area contributed by atoms with Crippen LogP contribution in [0, 0.1) is 11.8 Å². The predicted octanol–water partition coefficient (Wildman–Crippen LogP) is 2.96. The Hall–Kier alpha value is -0.590. The van der Waals surface area contributed by atoms with Crippen molar-refractivity contribution in [1.82, 2.24) is 0 Å². The summed E-state index contributed by atoms with van der Waals surface area (Å²) in [6.45, 7) is 2.22. The minimum Gasteiger partial charge on any atom is -0.303 e. The Morgan fingerprint density at radius 1 is 1.58 bits per heavy atom. The molecule has 0 spiro atoms. The molecule has 1 heteroatoms. The third kappa shape index (κ3) is 2.80. The summed E-state index contributed by atoms with van der Waals surface area (Å²) in [5.74, 6) is 0.978. The van der Waals surface area contributed by atoms with E-state index in [0.717, 1.165) is 18.6 Å². The van der Waals surface area contributed by atoms with E-state index in [1.54, 1.807) is 0 Å². The molecule has 0 fully saturated rings. The second-order valence-electron chi connectivity index (χ2n) is 3.71. The van der Waals surface area contributed by atoms with Gasteiger partial charge in [-0.3, -0.25) is 0 Å². The molecule has 0 heterocycles. The van der Waals surface area contributed by atoms with Crippen molar-refractivity contribution in [3.63, 3.8) is 0 Å². The maximum absolute atomic E-state index is 10.5. The molecule has 1 rings (SSSR count). The van der Waals surface area contributed by atoms with Gasteiger partial charge in [0, 0.05) is 5.92 Å². The summed E-state index contributed by atoms with van der Waals surface area (Å²) < 4.78 is 0. The number of rotatable bonds is 4. The van der Waals surface area contributed by atoms with E-state index in [1.165, 1.54) is 25.7 Å². The second-order valence-corrected chi connectivity index (χ2v) is 3.71. The minimum absolute atomic E-state index is 0.209. The van der Waals surface area contributed by atoms with Crippen LogP contribution in [0.2, 0.25) is 0 Å². The predicted molar refractivity (Wildman–Crippen MR) is 50.9 cm³/mol. The van der Waals surface area contributed by atoms with Crippen LogP contribution in [0.3, 0.4) is 0 Å². The zero-order chi connectivity index (χ0) is 8.81. The van der Waals surface area contributed by atoms with Crippen LogP contribution in [0.4, 0.5) is 0 Å². The largest absolute Gasteiger partial charge is 0.303 e. The number of allylic oxidation sites excluding steroid dienone is 2. The number of unbranched alkanes of at least 4 members (excludes halogenated alkanes) is 1. The molecule has 0 amide bonds. The molecule has 1 aliphatic carbocycles. The Labute approximate surface area is 74.9 Å². The van der Waals surface area contributed by atoms with Gasteiger partial charge < -0.3 is 4.79 Å². The van der Waals surface area contributed by atoms with Gasteiger partial charge >= 0.3 is 0 Å². The van der Waals surface area contributed by atoms with Crippen molar-refractivity contribution in [2.45, 2.75) is 39.0 Å². The van der Waals surface area contributed by atoms with Gasteiger partial charge in [-0.25, -0.2) is 0 Å². The molecule has 1 nitrogen and oxygen atoms in total. The molecule has 0 aromatic rings. The minimum atomic E-state index is 0.209.